The van der Waals surface area contributed by atoms with Gasteiger partial charge in [0.1, 0.15) is 0 Å². The van der Waals surface area contributed by atoms with Crippen LogP contribution in [0, 0.1) is 0 Å². The average molecular weight is 177 g/mol. The molecule has 0 fully saturated rings. The predicted molar refractivity (Wildman–Crippen MR) is 53.3 cm³/mol. The molecule has 0 aromatic rings. The topological polar surface area (TPSA) is 38.3 Å². The molecule has 0 spiro atoms. The second-order valence-electron chi connectivity index (χ2n) is 1.42. The molecule has 0 aromatic carbocycles. The largest absolute Gasteiger partial charge is 0.384 e. The Labute approximate surface area is 76.5 Å². The van der Waals surface area contributed by atoms with Gasteiger partial charge in [0.2, 0.25) is 5.91 Å². The Balaban J connectivity index is -0.000000175. The lowest BCUT2D eigenvalue weighted by atomic mass is 10.4. The van der Waals surface area contributed by atoms with Crippen molar-refractivity contribution in [3.63, 3.8) is 0 Å². The van der Waals surface area contributed by atoms with E-state index < -0.39 is 0 Å². The number of ether oxygens (including phenoxy) is 1. The molecule has 0 rings (SSSR count). The molecule has 0 heterocycles. The van der Waals surface area contributed by atoms with Gasteiger partial charge in [-0.3, -0.25) is 4.79 Å². The normalized spacial score (nSPS) is 6.83. The molecule has 1 N–H and O–H groups in total. The fraction of sp³-hybridized carbons (Fsp3) is 0.889. The maximum absolute atomic E-state index is 10.4. The minimum Gasteiger partial charge on any atom is -0.384 e. The first-order valence-electron chi connectivity index (χ1n) is 4.50. The fourth-order valence-electron chi connectivity index (χ4n) is 0.320. The van der Waals surface area contributed by atoms with Crippen LogP contribution in [0.1, 0.15) is 34.1 Å². The number of amides is 1. The van der Waals surface area contributed by atoms with Crippen molar-refractivity contribution in [1.29, 1.82) is 0 Å². The summed E-state index contributed by atoms with van der Waals surface area (Å²) in [7, 11) is 3.18. The minimum absolute atomic E-state index is 0.0202. The standard InChI is InChI=1S/C5H11NO2.2C2H6/c1-6-5(7)3-4-8-2;2*1-2/h3-4H2,1-2H3,(H,6,7);2*1-2H3. The molecule has 3 nitrogen and oxygen atoms in total. The maximum atomic E-state index is 10.4. The monoisotopic (exact) mass is 177 g/mol. The van der Waals surface area contributed by atoms with Gasteiger partial charge in [-0.05, 0) is 0 Å². The van der Waals surface area contributed by atoms with Gasteiger partial charge in [0.05, 0.1) is 6.61 Å². The van der Waals surface area contributed by atoms with Crippen LogP contribution in [0.5, 0.6) is 0 Å². The van der Waals surface area contributed by atoms with Crippen LogP contribution < -0.4 is 5.32 Å². The van der Waals surface area contributed by atoms with Crippen molar-refractivity contribution in [2.75, 3.05) is 20.8 Å². The molecule has 0 aliphatic heterocycles. The average Bonchev–Trinajstić information content (AvgIpc) is 2.20. The number of methoxy groups -OCH3 is 1. The van der Waals surface area contributed by atoms with Gasteiger partial charge in [-0.25, -0.2) is 0 Å². The van der Waals surface area contributed by atoms with Crippen LogP contribution in [0.25, 0.3) is 0 Å². The van der Waals surface area contributed by atoms with E-state index in [1.54, 1.807) is 14.2 Å². The third-order valence-corrected chi connectivity index (χ3v) is 0.812. The summed E-state index contributed by atoms with van der Waals surface area (Å²) < 4.78 is 4.65. The molecule has 12 heavy (non-hydrogen) atoms. The number of carbonyl (C=O) groups excluding carboxylic acids is 1. The molecule has 0 radical (unpaired) electrons. The molecule has 0 aromatic heterocycles. The van der Waals surface area contributed by atoms with Crippen LogP contribution in [0.3, 0.4) is 0 Å². The summed E-state index contributed by atoms with van der Waals surface area (Å²) in [5.74, 6) is 0.0202. The van der Waals surface area contributed by atoms with Crippen molar-refractivity contribution in [3.8, 4) is 0 Å². The van der Waals surface area contributed by atoms with Crippen LogP contribution >= 0.6 is 0 Å². The SMILES string of the molecule is CC.CC.CNC(=O)CCOC. The van der Waals surface area contributed by atoms with Gasteiger partial charge in [-0.1, -0.05) is 27.7 Å². The third kappa shape index (κ3) is 22.7. The van der Waals surface area contributed by atoms with E-state index in [0.717, 1.165) is 0 Å². The zero-order valence-electron chi connectivity index (χ0n) is 9.23. The Kier molecular flexibility index (Phi) is 32.7. The minimum atomic E-state index is 0.0202. The Hall–Kier alpha value is -0.570. The van der Waals surface area contributed by atoms with Crippen molar-refractivity contribution < 1.29 is 9.53 Å². The van der Waals surface area contributed by atoms with Gasteiger partial charge in [-0.2, -0.15) is 0 Å². The summed E-state index contributed by atoms with van der Waals surface area (Å²) in [5.41, 5.74) is 0. The molecule has 0 saturated carbocycles. The third-order valence-electron chi connectivity index (χ3n) is 0.812. The zero-order valence-corrected chi connectivity index (χ0v) is 9.23. The van der Waals surface area contributed by atoms with E-state index in [1.165, 1.54) is 0 Å². The lowest BCUT2D eigenvalue weighted by molar-refractivity contribution is -0.121. The van der Waals surface area contributed by atoms with E-state index in [-0.39, 0.29) is 5.91 Å². The summed E-state index contributed by atoms with van der Waals surface area (Å²) in [4.78, 5) is 10.4. The molecule has 0 aliphatic rings. The molecule has 0 aliphatic carbocycles. The van der Waals surface area contributed by atoms with Gasteiger partial charge < -0.3 is 10.1 Å². The van der Waals surface area contributed by atoms with E-state index in [0.29, 0.717) is 13.0 Å². The van der Waals surface area contributed by atoms with Crippen molar-refractivity contribution in [3.05, 3.63) is 0 Å². The lowest BCUT2D eigenvalue weighted by Crippen LogP contribution is -2.18. The van der Waals surface area contributed by atoms with Gasteiger partial charge in [0.15, 0.2) is 0 Å². The molecular formula is C9H23NO2. The highest BCUT2D eigenvalue weighted by Crippen LogP contribution is 1.76. The van der Waals surface area contributed by atoms with Crippen molar-refractivity contribution in [2.24, 2.45) is 0 Å². The van der Waals surface area contributed by atoms with Crippen molar-refractivity contribution >= 4 is 5.91 Å². The lowest BCUT2D eigenvalue weighted by Gasteiger charge is -1.95. The van der Waals surface area contributed by atoms with Crippen molar-refractivity contribution in [2.45, 2.75) is 34.1 Å². The smallest absolute Gasteiger partial charge is 0.222 e. The van der Waals surface area contributed by atoms with Crippen LogP contribution in [0.2, 0.25) is 0 Å². The highest BCUT2D eigenvalue weighted by molar-refractivity contribution is 5.75. The number of hydrogen-bond acceptors (Lipinski definition) is 2. The summed E-state index contributed by atoms with van der Waals surface area (Å²) in [5, 5.41) is 2.48. The Morgan fingerprint density at radius 3 is 1.92 bits per heavy atom. The first-order chi connectivity index (χ1) is 5.81. The molecule has 0 bridgehead atoms. The zero-order chi connectivity index (χ0) is 10.4. The Morgan fingerprint density at radius 2 is 1.67 bits per heavy atom. The Morgan fingerprint density at radius 1 is 1.25 bits per heavy atom. The molecule has 1 amide bonds. The number of rotatable bonds is 3. The van der Waals surface area contributed by atoms with Gasteiger partial charge in [-0.15, -0.1) is 0 Å². The second kappa shape index (κ2) is 22.4. The van der Waals surface area contributed by atoms with Crippen LogP contribution in [-0.2, 0) is 9.53 Å². The van der Waals surface area contributed by atoms with Gasteiger partial charge in [0.25, 0.3) is 0 Å². The summed E-state index contributed by atoms with van der Waals surface area (Å²) in [6.07, 6.45) is 0.451. The summed E-state index contributed by atoms with van der Waals surface area (Å²) in [6, 6.07) is 0. The predicted octanol–water partition coefficient (Wildman–Crippen LogP) is 1.82. The first kappa shape index (κ1) is 17.5. The van der Waals surface area contributed by atoms with E-state index in [1.807, 2.05) is 27.7 Å². The highest BCUT2D eigenvalue weighted by atomic mass is 16.5. The number of nitrogens with one attached hydrogen (secondary N) is 1. The first-order valence-corrected chi connectivity index (χ1v) is 4.50. The number of hydrogen-bond donors (Lipinski definition) is 1. The van der Waals surface area contributed by atoms with Crippen LogP contribution in [-0.4, -0.2) is 26.7 Å². The van der Waals surface area contributed by atoms with E-state index in [9.17, 15) is 4.79 Å². The number of carbonyl (C=O) groups is 1. The van der Waals surface area contributed by atoms with Crippen LogP contribution in [0.4, 0.5) is 0 Å². The molecule has 76 valence electrons. The van der Waals surface area contributed by atoms with Crippen molar-refractivity contribution in [1.82, 2.24) is 5.32 Å². The second-order valence-corrected chi connectivity index (χ2v) is 1.42. The quantitative estimate of drug-likeness (QED) is 0.714. The maximum Gasteiger partial charge on any atom is 0.222 e. The van der Waals surface area contributed by atoms with E-state index >= 15 is 0 Å². The molecule has 0 unspecified atom stereocenters. The Bertz CT molecular complexity index is 74.9. The molecule has 3 heteroatoms. The van der Waals surface area contributed by atoms with Gasteiger partial charge >= 0.3 is 0 Å². The van der Waals surface area contributed by atoms with Crippen LogP contribution in [0.15, 0.2) is 0 Å². The molecular weight excluding hydrogens is 154 g/mol. The van der Waals surface area contributed by atoms with Gasteiger partial charge in [0, 0.05) is 20.6 Å². The summed E-state index contributed by atoms with van der Waals surface area (Å²) in [6.45, 7) is 8.50. The summed E-state index contributed by atoms with van der Waals surface area (Å²) >= 11 is 0. The fourth-order valence-corrected chi connectivity index (χ4v) is 0.320. The molecule has 0 saturated heterocycles. The molecule has 0 atom stereocenters. The van der Waals surface area contributed by atoms with E-state index in [4.69, 9.17) is 0 Å². The highest BCUT2D eigenvalue weighted by Gasteiger charge is 1.93. The van der Waals surface area contributed by atoms with E-state index in [2.05, 4.69) is 10.1 Å².